The summed E-state index contributed by atoms with van der Waals surface area (Å²) in [6, 6.07) is 13.5. The first kappa shape index (κ1) is 15.2. The van der Waals surface area contributed by atoms with Crippen LogP contribution in [0.5, 0.6) is 5.75 Å². The van der Waals surface area contributed by atoms with E-state index < -0.39 is 10.0 Å². The van der Waals surface area contributed by atoms with Crippen molar-refractivity contribution >= 4 is 21.4 Å². The van der Waals surface area contributed by atoms with E-state index in [0.717, 1.165) is 0 Å². The summed E-state index contributed by atoms with van der Waals surface area (Å²) >= 11 is 0. The zero-order chi connectivity index (χ0) is 15.3. The maximum Gasteiger partial charge on any atom is 0.263 e. The molecule has 2 N–H and O–H groups in total. The first-order chi connectivity index (χ1) is 10.1. The third-order valence-corrected chi connectivity index (χ3v) is 4.30. The number of rotatable bonds is 6. The summed E-state index contributed by atoms with van der Waals surface area (Å²) in [5.74, 6) is 0.705. The van der Waals surface area contributed by atoms with Gasteiger partial charge < -0.3 is 10.1 Å². The molecular formula is C15H18N2O3S. The Bertz CT molecular complexity index is 697. The number of benzene rings is 2. The van der Waals surface area contributed by atoms with Crippen molar-refractivity contribution < 1.29 is 13.2 Å². The number of hydrogen-bond donors (Lipinski definition) is 2. The highest BCUT2D eigenvalue weighted by molar-refractivity contribution is 7.92. The molecule has 2 aromatic rings. The zero-order valence-electron chi connectivity index (χ0n) is 12.0. The van der Waals surface area contributed by atoms with E-state index >= 15 is 0 Å². The third kappa shape index (κ3) is 3.66. The second-order valence-electron chi connectivity index (χ2n) is 4.31. The number of nitrogens with one attached hydrogen (secondary N) is 2. The molecule has 0 heterocycles. The Morgan fingerprint density at radius 1 is 1.05 bits per heavy atom. The van der Waals surface area contributed by atoms with Gasteiger partial charge in [0.2, 0.25) is 0 Å². The van der Waals surface area contributed by atoms with Crippen molar-refractivity contribution in [1.29, 1.82) is 0 Å². The maximum absolute atomic E-state index is 12.4. The topological polar surface area (TPSA) is 67.4 Å². The van der Waals surface area contributed by atoms with Gasteiger partial charge in [0.1, 0.15) is 10.6 Å². The molecule has 0 fully saturated rings. The van der Waals surface area contributed by atoms with E-state index in [1.165, 1.54) is 0 Å². The zero-order valence-corrected chi connectivity index (χ0v) is 12.8. The van der Waals surface area contributed by atoms with Crippen molar-refractivity contribution in [2.24, 2.45) is 0 Å². The predicted octanol–water partition coefficient (Wildman–Crippen LogP) is 2.93. The van der Waals surface area contributed by atoms with Crippen LogP contribution in [0.15, 0.2) is 53.4 Å². The maximum atomic E-state index is 12.4. The van der Waals surface area contributed by atoms with Crippen LogP contribution in [-0.2, 0) is 10.0 Å². The summed E-state index contributed by atoms with van der Waals surface area (Å²) < 4.78 is 32.7. The molecule has 2 rings (SSSR count). The molecule has 2 aromatic carbocycles. The van der Waals surface area contributed by atoms with Crippen LogP contribution in [0.4, 0.5) is 11.4 Å². The molecule has 0 unspecified atom stereocenters. The molecule has 0 saturated heterocycles. The third-order valence-electron chi connectivity index (χ3n) is 2.86. The minimum Gasteiger partial charge on any atom is -0.494 e. The average Bonchev–Trinajstić information content (AvgIpc) is 2.49. The molecule has 0 radical (unpaired) electrons. The van der Waals surface area contributed by atoms with Gasteiger partial charge in [0, 0.05) is 12.7 Å². The highest BCUT2D eigenvalue weighted by atomic mass is 32.2. The molecule has 0 aliphatic rings. The summed E-state index contributed by atoms with van der Waals surface area (Å²) in [6.07, 6.45) is 0. The molecular weight excluding hydrogens is 288 g/mol. The van der Waals surface area contributed by atoms with E-state index in [1.807, 2.05) is 6.92 Å². The average molecular weight is 306 g/mol. The summed E-state index contributed by atoms with van der Waals surface area (Å²) in [5.41, 5.74) is 1.04. The minimum atomic E-state index is -3.63. The number of ether oxygens (including phenoxy) is 1. The number of hydrogen-bond acceptors (Lipinski definition) is 4. The van der Waals surface area contributed by atoms with Gasteiger partial charge >= 0.3 is 0 Å². The lowest BCUT2D eigenvalue weighted by Gasteiger charge is -2.12. The largest absolute Gasteiger partial charge is 0.494 e. The van der Waals surface area contributed by atoms with Crippen LogP contribution < -0.4 is 14.8 Å². The van der Waals surface area contributed by atoms with E-state index in [4.69, 9.17) is 4.74 Å². The Balaban J connectivity index is 2.24. The molecule has 0 amide bonds. The predicted molar refractivity (Wildman–Crippen MR) is 84.4 cm³/mol. The molecule has 0 bridgehead atoms. The van der Waals surface area contributed by atoms with E-state index in [-0.39, 0.29) is 4.90 Å². The van der Waals surface area contributed by atoms with Crippen LogP contribution >= 0.6 is 0 Å². The Hall–Kier alpha value is -2.21. The standard InChI is InChI=1S/C15H18N2O3S/c1-3-20-13-10-8-12(9-11-13)17-21(18,19)15-7-5-4-6-14(15)16-2/h4-11,16-17H,3H2,1-2H3. The van der Waals surface area contributed by atoms with Crippen molar-refractivity contribution in [3.05, 3.63) is 48.5 Å². The van der Waals surface area contributed by atoms with Gasteiger partial charge in [0.25, 0.3) is 10.0 Å². The molecule has 5 nitrogen and oxygen atoms in total. The number of para-hydroxylation sites is 1. The fourth-order valence-corrected chi connectivity index (χ4v) is 3.18. The van der Waals surface area contributed by atoms with Gasteiger partial charge in [-0.3, -0.25) is 4.72 Å². The van der Waals surface area contributed by atoms with Crippen molar-refractivity contribution in [2.75, 3.05) is 23.7 Å². The van der Waals surface area contributed by atoms with Crippen molar-refractivity contribution in [1.82, 2.24) is 0 Å². The molecule has 0 saturated carbocycles. The quantitative estimate of drug-likeness (QED) is 0.861. The second kappa shape index (κ2) is 6.49. The Kier molecular flexibility index (Phi) is 4.70. The molecule has 21 heavy (non-hydrogen) atoms. The monoisotopic (exact) mass is 306 g/mol. The lowest BCUT2D eigenvalue weighted by atomic mass is 10.3. The van der Waals surface area contributed by atoms with Crippen LogP contribution in [0.1, 0.15) is 6.92 Å². The summed E-state index contributed by atoms with van der Waals surface area (Å²) in [5, 5.41) is 2.87. The van der Waals surface area contributed by atoms with Gasteiger partial charge in [-0.2, -0.15) is 0 Å². The molecule has 0 spiro atoms. The molecule has 0 atom stereocenters. The van der Waals surface area contributed by atoms with E-state index in [9.17, 15) is 8.42 Å². The van der Waals surface area contributed by atoms with Crippen molar-refractivity contribution in [3.63, 3.8) is 0 Å². The van der Waals surface area contributed by atoms with E-state index in [0.29, 0.717) is 23.7 Å². The Morgan fingerprint density at radius 2 is 1.71 bits per heavy atom. The number of anilines is 2. The van der Waals surface area contributed by atoms with E-state index in [2.05, 4.69) is 10.0 Å². The van der Waals surface area contributed by atoms with Crippen molar-refractivity contribution in [3.8, 4) is 5.75 Å². The van der Waals surface area contributed by atoms with Crippen molar-refractivity contribution in [2.45, 2.75) is 11.8 Å². The number of sulfonamides is 1. The highest BCUT2D eigenvalue weighted by Gasteiger charge is 2.17. The van der Waals surface area contributed by atoms with Gasteiger partial charge in [-0.25, -0.2) is 8.42 Å². The fourth-order valence-electron chi connectivity index (χ4n) is 1.90. The van der Waals surface area contributed by atoms with Gasteiger partial charge in [-0.05, 0) is 43.3 Å². The lowest BCUT2D eigenvalue weighted by molar-refractivity contribution is 0.340. The fraction of sp³-hybridized carbons (Fsp3) is 0.200. The molecule has 0 aliphatic carbocycles. The van der Waals surface area contributed by atoms with Crippen LogP contribution in [0.2, 0.25) is 0 Å². The normalized spacial score (nSPS) is 11.0. The smallest absolute Gasteiger partial charge is 0.263 e. The molecule has 0 aliphatic heterocycles. The van der Waals surface area contributed by atoms with Gasteiger partial charge in [0.15, 0.2) is 0 Å². The van der Waals surface area contributed by atoms with Gasteiger partial charge in [0.05, 0.1) is 12.3 Å². The van der Waals surface area contributed by atoms with Crippen LogP contribution in [0, 0.1) is 0 Å². The Morgan fingerprint density at radius 3 is 2.33 bits per heavy atom. The van der Waals surface area contributed by atoms with Crippen LogP contribution in [0.25, 0.3) is 0 Å². The molecule has 112 valence electrons. The summed E-state index contributed by atoms with van der Waals surface area (Å²) in [4.78, 5) is 0.210. The lowest BCUT2D eigenvalue weighted by Crippen LogP contribution is -2.14. The second-order valence-corrected chi connectivity index (χ2v) is 5.96. The van der Waals surface area contributed by atoms with Gasteiger partial charge in [-0.15, -0.1) is 0 Å². The Labute approximate surface area is 125 Å². The van der Waals surface area contributed by atoms with Gasteiger partial charge in [-0.1, -0.05) is 12.1 Å². The van der Waals surface area contributed by atoms with Crippen LogP contribution in [0.3, 0.4) is 0 Å². The summed E-state index contributed by atoms with van der Waals surface area (Å²) in [6.45, 7) is 2.46. The first-order valence-corrected chi connectivity index (χ1v) is 8.07. The van der Waals surface area contributed by atoms with E-state index in [1.54, 1.807) is 55.6 Å². The van der Waals surface area contributed by atoms with Crippen LogP contribution in [-0.4, -0.2) is 22.1 Å². The minimum absolute atomic E-state index is 0.210. The molecule has 0 aromatic heterocycles. The first-order valence-electron chi connectivity index (χ1n) is 6.59. The summed E-state index contributed by atoms with van der Waals surface area (Å²) in [7, 11) is -1.95. The molecule has 6 heteroatoms. The SMILES string of the molecule is CCOc1ccc(NS(=O)(=O)c2ccccc2NC)cc1. The highest BCUT2D eigenvalue weighted by Crippen LogP contribution is 2.24.